The zero-order chi connectivity index (χ0) is 38.1. The van der Waals surface area contributed by atoms with Crippen LogP contribution in [0.3, 0.4) is 0 Å². The smallest absolute Gasteiger partial charge is 0.442 e. The molecule has 1 unspecified atom stereocenters. The number of nitro benzene ring substituents is 2. The zero-order valence-corrected chi connectivity index (χ0v) is 26.9. The van der Waals surface area contributed by atoms with E-state index >= 15 is 0 Å². The van der Waals surface area contributed by atoms with E-state index in [0.717, 1.165) is 38.1 Å². The van der Waals surface area contributed by atoms with Crippen molar-refractivity contribution in [1.82, 2.24) is 10.4 Å². The second-order valence-electron chi connectivity index (χ2n) is 11.0. The molecule has 51 heavy (non-hydrogen) atoms. The van der Waals surface area contributed by atoms with Gasteiger partial charge in [-0.25, -0.2) is 28.8 Å². The van der Waals surface area contributed by atoms with Crippen LogP contribution in [0.4, 0.5) is 11.4 Å². The Kier molecular flexibility index (Phi) is 10.1. The number of rotatable bonds is 9. The molecule has 1 atom stereocenters. The molecule has 0 bridgehead atoms. The predicted molar refractivity (Wildman–Crippen MR) is 168 cm³/mol. The average molecular weight is 707 g/mol. The highest BCUT2D eigenvalue weighted by Crippen LogP contribution is 2.43. The summed E-state index contributed by atoms with van der Waals surface area (Å²) in [7, 11) is 0. The molecule has 2 aliphatic heterocycles. The molecule has 2 heterocycles. The Bertz CT molecular complexity index is 2050. The molecule has 0 saturated carbocycles. The number of nitrogens with zero attached hydrogens (tertiary/aromatic N) is 3. The Morgan fingerprint density at radius 2 is 1.08 bits per heavy atom. The van der Waals surface area contributed by atoms with Crippen molar-refractivity contribution < 1.29 is 63.5 Å². The van der Waals surface area contributed by atoms with Gasteiger partial charge in [-0.2, -0.15) is 5.06 Å². The Morgan fingerprint density at radius 3 is 1.49 bits per heavy atom. The third-order valence-corrected chi connectivity index (χ3v) is 7.99. The van der Waals surface area contributed by atoms with E-state index in [1.165, 1.54) is 38.1 Å². The number of hydroxylamine groups is 2. The van der Waals surface area contributed by atoms with Crippen LogP contribution in [0.2, 0.25) is 0 Å². The quantitative estimate of drug-likeness (QED) is 0.0957. The van der Waals surface area contributed by atoms with Crippen molar-refractivity contribution in [3.05, 3.63) is 125 Å². The number of non-ortho nitro benzene ring substituents is 2. The summed E-state index contributed by atoms with van der Waals surface area (Å²) in [5, 5.41) is 56.1. The molecule has 0 aliphatic carbocycles. The number of carbonyl (C=O) groups is 6. The maximum atomic E-state index is 13.4. The lowest BCUT2D eigenvalue weighted by Gasteiger charge is -2.34. The highest BCUT2D eigenvalue weighted by Gasteiger charge is 2.43. The summed E-state index contributed by atoms with van der Waals surface area (Å²) in [6.07, 6.45) is 0. The summed E-state index contributed by atoms with van der Waals surface area (Å²) in [5.41, 5.74) is -4.17. The number of ether oxygens (including phenoxy) is 1. The van der Waals surface area contributed by atoms with Crippen LogP contribution in [-0.2, 0) is 38.3 Å². The van der Waals surface area contributed by atoms with Gasteiger partial charge >= 0.3 is 35.8 Å². The molecule has 264 valence electrons. The van der Waals surface area contributed by atoms with Crippen LogP contribution in [0.1, 0.15) is 50.7 Å². The third kappa shape index (κ3) is 7.02. The number of esters is 2. The van der Waals surface area contributed by atoms with Crippen LogP contribution in [0.5, 0.6) is 0 Å². The molecule has 0 spiro atoms. The van der Waals surface area contributed by atoms with E-state index in [4.69, 9.17) is 9.57 Å². The minimum Gasteiger partial charge on any atom is -0.478 e. The first-order chi connectivity index (χ1) is 23.9. The molecular weight excluding hydrogens is 680 g/mol. The highest BCUT2D eigenvalue weighted by atomic mass is 16.7. The second-order valence-corrected chi connectivity index (χ2v) is 11.0. The fourth-order valence-electron chi connectivity index (χ4n) is 5.88. The highest BCUT2D eigenvalue weighted by molar-refractivity contribution is 6.32. The summed E-state index contributed by atoms with van der Waals surface area (Å²) >= 11 is 0. The van der Waals surface area contributed by atoms with Crippen molar-refractivity contribution >= 4 is 47.2 Å². The summed E-state index contributed by atoms with van der Waals surface area (Å²) in [6, 6.07) is 9.26. The summed E-state index contributed by atoms with van der Waals surface area (Å²) < 4.78 is 4.75. The Morgan fingerprint density at radius 1 is 0.667 bits per heavy atom. The summed E-state index contributed by atoms with van der Waals surface area (Å²) in [4.78, 5) is 103. The Hall–Kier alpha value is -7.18. The van der Waals surface area contributed by atoms with Crippen molar-refractivity contribution in [2.24, 2.45) is 0 Å². The maximum Gasteiger partial charge on any atom is 0.442 e. The van der Waals surface area contributed by atoms with Gasteiger partial charge in [0.15, 0.2) is 0 Å². The molecule has 19 heteroatoms. The molecule has 2 aromatic carbocycles. The van der Waals surface area contributed by atoms with E-state index in [9.17, 15) is 64.3 Å². The van der Waals surface area contributed by atoms with Gasteiger partial charge in [-0.3, -0.25) is 20.2 Å². The number of allylic oxidation sites excluding steroid dienone is 4. The molecule has 0 radical (unpaired) electrons. The van der Waals surface area contributed by atoms with E-state index in [2.05, 4.69) is 5.32 Å². The van der Waals surface area contributed by atoms with Gasteiger partial charge in [-0.05, 0) is 38.8 Å². The number of hydrogen-bond acceptors (Lipinski definition) is 14. The number of carbonyl (C=O) groups excluding carboxylic acids is 3. The van der Waals surface area contributed by atoms with E-state index in [-0.39, 0.29) is 22.5 Å². The normalized spacial score (nSPS) is 16.4. The zero-order valence-electron chi connectivity index (χ0n) is 26.9. The maximum absolute atomic E-state index is 13.4. The lowest BCUT2D eigenvalue weighted by Crippen LogP contribution is -2.38. The molecule has 0 fully saturated rings. The first-order valence-corrected chi connectivity index (χ1v) is 14.4. The van der Waals surface area contributed by atoms with Crippen molar-refractivity contribution in [3.63, 3.8) is 0 Å². The molecule has 4 N–H and O–H groups in total. The van der Waals surface area contributed by atoms with Gasteiger partial charge in [0.25, 0.3) is 11.4 Å². The number of nitro groups is 2. The monoisotopic (exact) mass is 706 g/mol. The van der Waals surface area contributed by atoms with Gasteiger partial charge < -0.3 is 30.2 Å². The molecule has 4 rings (SSSR count). The number of carboxylic acid groups (broad SMARTS) is 3. The molecule has 0 aromatic heterocycles. The van der Waals surface area contributed by atoms with E-state index in [1.807, 2.05) is 0 Å². The van der Waals surface area contributed by atoms with Gasteiger partial charge in [0.2, 0.25) is 0 Å². The van der Waals surface area contributed by atoms with Crippen molar-refractivity contribution in [2.45, 2.75) is 39.5 Å². The second kappa shape index (κ2) is 14.1. The SMILES string of the molecule is CC1=C(C(=O)O)C(c2cccc([N+](=O)[O-])c2)C(C(=O)OC(=O)C(=O)ON2C(C)=C(C(=O)O)C(c3cccc([N+](=O)[O-])c3)C(C(=O)O)=C2C)=C(C)N1. The van der Waals surface area contributed by atoms with Crippen LogP contribution in [0.25, 0.3) is 0 Å². The summed E-state index contributed by atoms with van der Waals surface area (Å²) in [5.74, 6) is -13.5. The van der Waals surface area contributed by atoms with E-state index in [1.54, 1.807) is 0 Å². The Labute approximate surface area is 285 Å². The molecule has 0 saturated heterocycles. The van der Waals surface area contributed by atoms with Gasteiger partial charge in [0, 0.05) is 35.7 Å². The van der Waals surface area contributed by atoms with Gasteiger partial charge in [0.1, 0.15) is 0 Å². The van der Waals surface area contributed by atoms with Gasteiger partial charge in [-0.15, -0.1) is 0 Å². The minimum absolute atomic E-state index is 0.0295. The van der Waals surface area contributed by atoms with Crippen LogP contribution < -0.4 is 5.32 Å². The van der Waals surface area contributed by atoms with Crippen LogP contribution in [-0.4, -0.2) is 66.0 Å². The van der Waals surface area contributed by atoms with Crippen LogP contribution in [0, 0.1) is 20.2 Å². The molecule has 2 aliphatic rings. The number of hydrogen-bond donors (Lipinski definition) is 4. The Balaban J connectivity index is 1.69. The van der Waals surface area contributed by atoms with E-state index < -0.39 is 103 Å². The lowest BCUT2D eigenvalue weighted by molar-refractivity contribution is -0.385. The number of dihydropyridines is 1. The molecular formula is C32H26N4O15. The summed E-state index contributed by atoms with van der Waals surface area (Å²) in [6.45, 7) is 4.90. The fraction of sp³-hybridized carbons (Fsp3) is 0.188. The predicted octanol–water partition coefficient (Wildman–Crippen LogP) is 3.17. The number of benzene rings is 2. The molecule has 19 nitrogen and oxygen atoms in total. The van der Waals surface area contributed by atoms with Gasteiger partial charge in [-0.1, -0.05) is 24.3 Å². The first kappa shape index (κ1) is 36.7. The molecule has 0 amide bonds. The van der Waals surface area contributed by atoms with Crippen molar-refractivity contribution in [3.8, 4) is 0 Å². The third-order valence-electron chi connectivity index (χ3n) is 7.99. The lowest BCUT2D eigenvalue weighted by atomic mass is 9.80. The largest absolute Gasteiger partial charge is 0.478 e. The first-order valence-electron chi connectivity index (χ1n) is 14.4. The number of aliphatic carboxylic acids is 3. The average Bonchev–Trinajstić information content (AvgIpc) is 3.05. The fourth-order valence-corrected chi connectivity index (χ4v) is 5.88. The van der Waals surface area contributed by atoms with Crippen LogP contribution >= 0.6 is 0 Å². The number of nitrogens with one attached hydrogen (secondary N) is 1. The minimum atomic E-state index is -1.99. The van der Waals surface area contributed by atoms with Crippen molar-refractivity contribution in [2.75, 3.05) is 0 Å². The number of carboxylic acids is 3. The topological polar surface area (TPSA) is 283 Å². The standard InChI is InChI=1S/C32H26N4O15/c1-13-21(27(37)38)25(17-7-5-9-19(11-17)35(46)47)22(14(2)33-13)30(43)50-31(44)32(45)51-34-15(3)23(28(39)40)26(24(16(34)4)29(41)42)18-8-6-10-20(12-18)36(48)49/h5-12,25-26,33H,1-4H3,(H,37,38)(H,39,40)(H,41,42). The van der Waals surface area contributed by atoms with Gasteiger partial charge in [0.05, 0.1) is 55.4 Å². The van der Waals surface area contributed by atoms with E-state index in [0.29, 0.717) is 5.06 Å². The van der Waals surface area contributed by atoms with Crippen molar-refractivity contribution in [1.29, 1.82) is 0 Å². The van der Waals surface area contributed by atoms with Crippen LogP contribution in [0.15, 0.2) is 93.6 Å². The molecule has 2 aromatic rings.